The van der Waals surface area contributed by atoms with Crippen LogP contribution in [0, 0.1) is 0 Å². The van der Waals surface area contributed by atoms with Crippen molar-refractivity contribution in [2.75, 3.05) is 46.9 Å². The zero-order valence-electron chi connectivity index (χ0n) is 10.0. The molecule has 0 aromatic rings. The number of hydrogen-bond donors (Lipinski definition) is 1. The molecule has 0 radical (unpaired) electrons. The number of rotatable bonds is 10. The summed E-state index contributed by atoms with van der Waals surface area (Å²) in [5.41, 5.74) is 0. The van der Waals surface area contributed by atoms with Gasteiger partial charge in [-0.25, -0.2) is 0 Å². The van der Waals surface area contributed by atoms with Crippen LogP contribution >= 0.6 is 0 Å². The molecule has 0 unspecified atom stereocenters. The molecule has 0 fully saturated rings. The minimum Gasteiger partial charge on any atom is -0.380 e. The predicted octanol–water partition coefficient (Wildman–Crippen LogP) is 1.34. The summed E-state index contributed by atoms with van der Waals surface area (Å²) in [5.74, 6) is 0. The van der Waals surface area contributed by atoms with Gasteiger partial charge < -0.3 is 15.0 Å². The maximum atomic E-state index is 5.30. The molecule has 0 bridgehead atoms. The number of ether oxygens (including phenoxy) is 1. The van der Waals surface area contributed by atoms with Crippen LogP contribution in [0.1, 0.15) is 26.2 Å². The number of likely N-dealkylation sites (N-methyl/N-ethyl adjacent to an activating group) is 1. The molecule has 0 spiro atoms. The summed E-state index contributed by atoms with van der Waals surface area (Å²) in [7, 11) is 4.17. The molecular formula is C11H26N2O. The topological polar surface area (TPSA) is 24.5 Å². The smallest absolute Gasteiger partial charge is 0.0593 e. The Morgan fingerprint density at radius 1 is 1.14 bits per heavy atom. The van der Waals surface area contributed by atoms with Gasteiger partial charge in [-0.1, -0.05) is 6.42 Å². The third kappa shape index (κ3) is 9.96. The second-order valence-electron chi connectivity index (χ2n) is 3.66. The largest absolute Gasteiger partial charge is 0.380 e. The molecule has 14 heavy (non-hydrogen) atoms. The Labute approximate surface area is 88.8 Å². The van der Waals surface area contributed by atoms with Crippen LogP contribution in [0.3, 0.4) is 0 Å². The number of hydrogen-bond acceptors (Lipinski definition) is 3. The highest BCUT2D eigenvalue weighted by Crippen LogP contribution is 1.96. The number of nitrogens with one attached hydrogen (secondary N) is 1. The summed E-state index contributed by atoms with van der Waals surface area (Å²) < 4.78 is 5.30. The van der Waals surface area contributed by atoms with E-state index in [1.807, 2.05) is 14.0 Å². The zero-order chi connectivity index (χ0) is 10.6. The molecule has 0 saturated carbocycles. The molecule has 0 rings (SSSR count). The fourth-order valence-electron chi connectivity index (χ4n) is 1.34. The van der Waals surface area contributed by atoms with Crippen LogP contribution in [0.25, 0.3) is 0 Å². The van der Waals surface area contributed by atoms with Gasteiger partial charge in [0.2, 0.25) is 0 Å². The summed E-state index contributed by atoms with van der Waals surface area (Å²) in [6.07, 6.45) is 3.90. The Morgan fingerprint density at radius 3 is 2.57 bits per heavy atom. The van der Waals surface area contributed by atoms with Crippen LogP contribution in [-0.4, -0.2) is 51.8 Å². The van der Waals surface area contributed by atoms with Gasteiger partial charge in [0, 0.05) is 13.2 Å². The van der Waals surface area contributed by atoms with Crippen molar-refractivity contribution in [2.45, 2.75) is 26.2 Å². The lowest BCUT2D eigenvalue weighted by molar-refractivity contribution is 0.121. The summed E-state index contributed by atoms with van der Waals surface area (Å²) in [6.45, 7) is 7.12. The van der Waals surface area contributed by atoms with E-state index in [2.05, 4.69) is 17.3 Å². The lowest BCUT2D eigenvalue weighted by Crippen LogP contribution is -2.24. The highest BCUT2D eigenvalue weighted by Gasteiger charge is 1.97. The molecule has 0 heterocycles. The fourth-order valence-corrected chi connectivity index (χ4v) is 1.34. The van der Waals surface area contributed by atoms with Gasteiger partial charge >= 0.3 is 0 Å². The molecule has 86 valence electrons. The summed E-state index contributed by atoms with van der Waals surface area (Å²) in [4.78, 5) is 2.34. The Hall–Kier alpha value is -0.120. The van der Waals surface area contributed by atoms with Crippen LogP contribution in [-0.2, 0) is 4.74 Å². The molecule has 0 aliphatic heterocycles. The van der Waals surface area contributed by atoms with Gasteiger partial charge in [0.15, 0.2) is 0 Å². The third-order valence-corrected chi connectivity index (χ3v) is 2.29. The monoisotopic (exact) mass is 202 g/mol. The van der Waals surface area contributed by atoms with Crippen LogP contribution in [0.5, 0.6) is 0 Å². The molecule has 0 aromatic carbocycles. The van der Waals surface area contributed by atoms with Crippen molar-refractivity contribution < 1.29 is 4.74 Å². The molecule has 0 amide bonds. The fraction of sp³-hybridized carbons (Fsp3) is 1.00. The maximum absolute atomic E-state index is 5.30. The summed E-state index contributed by atoms with van der Waals surface area (Å²) in [6, 6.07) is 0. The maximum Gasteiger partial charge on any atom is 0.0593 e. The Kier molecular flexibility index (Phi) is 10.9. The van der Waals surface area contributed by atoms with Crippen molar-refractivity contribution in [2.24, 2.45) is 0 Å². The summed E-state index contributed by atoms with van der Waals surface area (Å²) in [5, 5.41) is 3.16. The first-order chi connectivity index (χ1) is 6.81. The van der Waals surface area contributed by atoms with Crippen molar-refractivity contribution in [1.29, 1.82) is 0 Å². The van der Waals surface area contributed by atoms with Crippen LogP contribution in [0.2, 0.25) is 0 Å². The standard InChI is InChI=1S/C11H26N2O/c1-4-14-11-10-13(3)9-7-5-6-8-12-2/h12H,4-11H2,1-3H3. The van der Waals surface area contributed by atoms with Crippen molar-refractivity contribution in [3.63, 3.8) is 0 Å². The van der Waals surface area contributed by atoms with E-state index in [-0.39, 0.29) is 0 Å². The molecule has 0 saturated heterocycles. The molecular weight excluding hydrogens is 176 g/mol. The van der Waals surface area contributed by atoms with Crippen molar-refractivity contribution >= 4 is 0 Å². The number of unbranched alkanes of at least 4 members (excludes halogenated alkanes) is 2. The third-order valence-electron chi connectivity index (χ3n) is 2.29. The lowest BCUT2D eigenvalue weighted by Gasteiger charge is -2.15. The van der Waals surface area contributed by atoms with Gasteiger partial charge in [-0.15, -0.1) is 0 Å². The molecule has 0 atom stereocenters. The van der Waals surface area contributed by atoms with Crippen molar-refractivity contribution in [1.82, 2.24) is 10.2 Å². The Morgan fingerprint density at radius 2 is 1.93 bits per heavy atom. The van der Waals surface area contributed by atoms with Crippen LogP contribution < -0.4 is 5.32 Å². The second-order valence-corrected chi connectivity index (χ2v) is 3.66. The van der Waals surface area contributed by atoms with Crippen molar-refractivity contribution in [3.8, 4) is 0 Å². The molecule has 0 aliphatic rings. The second kappa shape index (κ2) is 11.0. The van der Waals surface area contributed by atoms with Gasteiger partial charge in [-0.3, -0.25) is 0 Å². The van der Waals surface area contributed by atoms with E-state index < -0.39 is 0 Å². The first kappa shape index (κ1) is 13.9. The lowest BCUT2D eigenvalue weighted by atomic mass is 10.2. The van der Waals surface area contributed by atoms with E-state index in [0.717, 1.165) is 26.3 Å². The van der Waals surface area contributed by atoms with Gasteiger partial charge in [0.1, 0.15) is 0 Å². The minimum absolute atomic E-state index is 0.829. The molecule has 1 N–H and O–H groups in total. The first-order valence-electron chi connectivity index (χ1n) is 5.72. The Balaban J connectivity index is 3.06. The first-order valence-corrected chi connectivity index (χ1v) is 5.72. The van der Waals surface area contributed by atoms with Gasteiger partial charge in [-0.05, 0) is 47.0 Å². The number of nitrogens with zero attached hydrogens (tertiary/aromatic N) is 1. The summed E-state index contributed by atoms with van der Waals surface area (Å²) >= 11 is 0. The van der Waals surface area contributed by atoms with Crippen LogP contribution in [0.15, 0.2) is 0 Å². The minimum atomic E-state index is 0.829. The molecule has 3 heteroatoms. The van der Waals surface area contributed by atoms with Gasteiger partial charge in [0.25, 0.3) is 0 Å². The van der Waals surface area contributed by atoms with E-state index in [0.29, 0.717) is 0 Å². The van der Waals surface area contributed by atoms with Crippen LogP contribution in [0.4, 0.5) is 0 Å². The van der Waals surface area contributed by atoms with E-state index in [4.69, 9.17) is 4.74 Å². The predicted molar refractivity (Wildman–Crippen MR) is 61.8 cm³/mol. The SMILES string of the molecule is CCOCCN(C)CCCCCNC. The van der Waals surface area contributed by atoms with Gasteiger partial charge in [-0.2, -0.15) is 0 Å². The quantitative estimate of drug-likeness (QED) is 0.541. The normalized spacial score (nSPS) is 11.1. The Bertz CT molecular complexity index is 109. The van der Waals surface area contributed by atoms with Gasteiger partial charge in [0.05, 0.1) is 6.61 Å². The van der Waals surface area contributed by atoms with E-state index in [1.54, 1.807) is 0 Å². The average Bonchev–Trinajstić information content (AvgIpc) is 2.18. The van der Waals surface area contributed by atoms with E-state index in [1.165, 1.54) is 25.8 Å². The van der Waals surface area contributed by atoms with E-state index >= 15 is 0 Å². The van der Waals surface area contributed by atoms with Crippen molar-refractivity contribution in [3.05, 3.63) is 0 Å². The highest BCUT2D eigenvalue weighted by atomic mass is 16.5. The molecule has 0 aromatic heterocycles. The molecule has 0 aliphatic carbocycles. The van der Waals surface area contributed by atoms with E-state index in [9.17, 15) is 0 Å². The highest BCUT2D eigenvalue weighted by molar-refractivity contribution is 4.52. The average molecular weight is 202 g/mol. The zero-order valence-corrected chi connectivity index (χ0v) is 10.0. The molecule has 3 nitrogen and oxygen atoms in total.